The van der Waals surface area contributed by atoms with E-state index in [0.717, 1.165) is 5.39 Å². The molecule has 0 unspecified atom stereocenters. The van der Waals surface area contributed by atoms with Crippen LogP contribution in [0.1, 0.15) is 32.9 Å². The number of methoxy groups -OCH3 is 1. The zero-order chi connectivity index (χ0) is 29.2. The van der Waals surface area contributed by atoms with Crippen molar-refractivity contribution in [1.29, 1.82) is 0 Å². The molecule has 10 nitrogen and oxygen atoms in total. The molecular formula is C31H28FN3O7. The van der Waals surface area contributed by atoms with E-state index >= 15 is 0 Å². The zero-order valence-electron chi connectivity index (χ0n) is 22.7. The zero-order valence-corrected chi connectivity index (χ0v) is 22.7. The SMILES string of the molecule is COc1ccc2cc1OCC(=O)NCc1cc(F)cc(c1)O[C@@H]1CCN(C(=O)c3cc4ccccc4o3)C[C@@H]1NC2=O. The molecule has 0 aliphatic carbocycles. The number of piperidine rings is 1. The lowest BCUT2D eigenvalue weighted by Crippen LogP contribution is -2.58. The van der Waals surface area contributed by atoms with E-state index in [9.17, 15) is 18.8 Å². The predicted octanol–water partition coefficient (Wildman–Crippen LogP) is 3.68. The summed E-state index contributed by atoms with van der Waals surface area (Å²) < 4.78 is 37.5. The van der Waals surface area contributed by atoms with Crippen LogP contribution in [0.4, 0.5) is 4.39 Å². The molecule has 11 heteroatoms. The van der Waals surface area contributed by atoms with Crippen LogP contribution >= 0.6 is 0 Å². The van der Waals surface area contributed by atoms with E-state index in [1.807, 2.05) is 18.2 Å². The normalized spacial score (nSPS) is 19.1. The van der Waals surface area contributed by atoms with Gasteiger partial charge in [-0.3, -0.25) is 14.4 Å². The lowest BCUT2D eigenvalue weighted by atomic mass is 10.0. The van der Waals surface area contributed by atoms with Crippen molar-refractivity contribution in [2.45, 2.75) is 25.1 Å². The van der Waals surface area contributed by atoms with Crippen LogP contribution in [-0.4, -0.2) is 61.6 Å². The number of amides is 3. The van der Waals surface area contributed by atoms with Crippen molar-refractivity contribution in [2.75, 3.05) is 26.8 Å². The third-order valence-corrected chi connectivity index (χ3v) is 7.28. The second-order valence-corrected chi connectivity index (χ2v) is 10.2. The average Bonchev–Trinajstić information content (AvgIpc) is 3.43. The van der Waals surface area contributed by atoms with E-state index in [1.165, 1.54) is 25.3 Å². The summed E-state index contributed by atoms with van der Waals surface area (Å²) in [5.74, 6) is -0.737. The topological polar surface area (TPSA) is 119 Å². The van der Waals surface area contributed by atoms with E-state index in [-0.39, 0.29) is 48.4 Å². The number of likely N-dealkylation sites (tertiary alicyclic amines) is 1. The Bertz CT molecular complexity index is 1640. The van der Waals surface area contributed by atoms with Gasteiger partial charge in [0.15, 0.2) is 23.9 Å². The molecule has 2 aliphatic heterocycles. The molecular weight excluding hydrogens is 545 g/mol. The minimum atomic E-state index is -0.648. The summed E-state index contributed by atoms with van der Waals surface area (Å²) in [6.45, 7) is 0.164. The van der Waals surface area contributed by atoms with E-state index in [2.05, 4.69) is 10.6 Å². The van der Waals surface area contributed by atoms with Crippen molar-refractivity contribution < 1.29 is 37.4 Å². The summed E-state index contributed by atoms with van der Waals surface area (Å²) >= 11 is 0. The average molecular weight is 574 g/mol. The molecule has 42 heavy (non-hydrogen) atoms. The van der Waals surface area contributed by atoms with Gasteiger partial charge < -0.3 is 34.2 Å². The Labute approximate surface area is 240 Å². The van der Waals surface area contributed by atoms with Crippen LogP contribution in [0.5, 0.6) is 17.2 Å². The molecule has 4 bridgehead atoms. The number of furan rings is 1. The fourth-order valence-corrected chi connectivity index (χ4v) is 5.18. The van der Waals surface area contributed by atoms with E-state index in [0.29, 0.717) is 29.9 Å². The first-order valence-electron chi connectivity index (χ1n) is 13.5. The van der Waals surface area contributed by atoms with Crippen LogP contribution in [-0.2, 0) is 11.3 Å². The first-order chi connectivity index (χ1) is 20.4. The number of para-hydroxylation sites is 1. The summed E-state index contributed by atoms with van der Waals surface area (Å²) in [5, 5.41) is 6.49. The molecule has 2 aliphatic rings. The summed E-state index contributed by atoms with van der Waals surface area (Å²) in [7, 11) is 1.45. The molecule has 6 rings (SSSR count). The van der Waals surface area contributed by atoms with Crippen molar-refractivity contribution >= 4 is 28.7 Å². The first-order valence-corrected chi connectivity index (χ1v) is 13.5. The van der Waals surface area contributed by atoms with Crippen molar-refractivity contribution in [3.63, 3.8) is 0 Å². The number of carbonyl (C=O) groups excluding carboxylic acids is 3. The largest absolute Gasteiger partial charge is 0.493 e. The van der Waals surface area contributed by atoms with Crippen LogP contribution < -0.4 is 24.8 Å². The Balaban J connectivity index is 1.31. The molecule has 0 radical (unpaired) electrons. The number of benzene rings is 3. The Morgan fingerprint density at radius 2 is 1.93 bits per heavy atom. The molecule has 0 spiro atoms. The van der Waals surface area contributed by atoms with Crippen LogP contribution in [0.2, 0.25) is 0 Å². The Morgan fingerprint density at radius 3 is 2.76 bits per heavy atom. The molecule has 4 aromatic rings. The monoisotopic (exact) mass is 573 g/mol. The molecule has 1 saturated heterocycles. The standard InChI is InChI=1S/C31H28FN3O7/c1-39-26-7-6-20-13-27(26)40-17-29(36)33-15-18-10-21(32)14-22(11-18)41-25-8-9-35(16-23(25)34-30(20)37)31(38)28-12-19-4-2-3-5-24(19)42-28/h2-7,10-14,23,25H,8-9,15-17H2,1H3,(H,33,36)(H,34,37)/t23-,25+/m0/s1. The third-order valence-electron chi connectivity index (χ3n) is 7.28. The highest BCUT2D eigenvalue weighted by Gasteiger charge is 2.36. The number of hydrogen-bond acceptors (Lipinski definition) is 7. The van der Waals surface area contributed by atoms with Gasteiger partial charge in [0.1, 0.15) is 23.3 Å². The van der Waals surface area contributed by atoms with Gasteiger partial charge in [-0.15, -0.1) is 0 Å². The maximum Gasteiger partial charge on any atom is 0.289 e. The maximum atomic E-state index is 14.5. The minimum Gasteiger partial charge on any atom is -0.493 e. The molecule has 1 fully saturated rings. The second kappa shape index (κ2) is 11.4. The van der Waals surface area contributed by atoms with Gasteiger partial charge >= 0.3 is 0 Å². The van der Waals surface area contributed by atoms with E-state index in [4.69, 9.17) is 18.6 Å². The third kappa shape index (κ3) is 5.71. The fraction of sp³-hybridized carbons (Fsp3) is 0.258. The van der Waals surface area contributed by atoms with Gasteiger partial charge in [-0.2, -0.15) is 0 Å². The van der Waals surface area contributed by atoms with Crippen molar-refractivity contribution in [2.24, 2.45) is 0 Å². The highest BCUT2D eigenvalue weighted by molar-refractivity contribution is 5.97. The molecule has 0 saturated carbocycles. The number of ether oxygens (including phenoxy) is 3. The van der Waals surface area contributed by atoms with Gasteiger partial charge in [0, 0.05) is 43.1 Å². The molecule has 3 aromatic carbocycles. The van der Waals surface area contributed by atoms with Gasteiger partial charge in [-0.25, -0.2) is 4.39 Å². The predicted molar refractivity (Wildman–Crippen MR) is 149 cm³/mol. The van der Waals surface area contributed by atoms with Gasteiger partial charge in [-0.05, 0) is 48.0 Å². The second-order valence-electron chi connectivity index (χ2n) is 10.2. The van der Waals surface area contributed by atoms with Gasteiger partial charge in [0.25, 0.3) is 17.7 Å². The van der Waals surface area contributed by atoms with Crippen LogP contribution in [0.15, 0.2) is 71.1 Å². The van der Waals surface area contributed by atoms with Crippen LogP contribution in [0.3, 0.4) is 0 Å². The molecule has 3 amide bonds. The lowest BCUT2D eigenvalue weighted by molar-refractivity contribution is -0.123. The summed E-state index contributed by atoms with van der Waals surface area (Å²) in [4.78, 5) is 40.9. The minimum absolute atomic E-state index is 0.0537. The number of carbonyl (C=O) groups is 3. The number of nitrogens with zero attached hydrogens (tertiary/aromatic N) is 1. The molecule has 216 valence electrons. The maximum absolute atomic E-state index is 14.5. The molecule has 3 heterocycles. The van der Waals surface area contributed by atoms with Crippen molar-refractivity contribution in [1.82, 2.24) is 15.5 Å². The molecule has 1 aromatic heterocycles. The van der Waals surface area contributed by atoms with E-state index < -0.39 is 29.8 Å². The number of nitrogens with one attached hydrogen (secondary N) is 2. The Hall–Kier alpha value is -5.06. The smallest absolute Gasteiger partial charge is 0.289 e. The van der Waals surface area contributed by atoms with Gasteiger partial charge in [0.2, 0.25) is 0 Å². The highest BCUT2D eigenvalue weighted by atomic mass is 19.1. The van der Waals surface area contributed by atoms with Gasteiger partial charge in [-0.1, -0.05) is 18.2 Å². The number of halogens is 1. The lowest BCUT2D eigenvalue weighted by Gasteiger charge is -2.38. The fourth-order valence-electron chi connectivity index (χ4n) is 5.18. The molecule has 2 atom stereocenters. The Morgan fingerprint density at radius 1 is 1.07 bits per heavy atom. The summed E-state index contributed by atoms with van der Waals surface area (Å²) in [5.41, 5.74) is 1.35. The van der Waals surface area contributed by atoms with Crippen LogP contribution in [0.25, 0.3) is 11.0 Å². The number of hydrogen-bond donors (Lipinski definition) is 2. The number of fused-ring (bicyclic) bond motifs is 6. The Kier molecular flexibility index (Phi) is 7.39. The first kappa shape index (κ1) is 27.1. The summed E-state index contributed by atoms with van der Waals surface area (Å²) in [6.07, 6.45) is -0.226. The van der Waals surface area contributed by atoms with Gasteiger partial charge in [0.05, 0.1) is 13.2 Å². The highest BCUT2D eigenvalue weighted by Crippen LogP contribution is 2.29. The van der Waals surface area contributed by atoms with Crippen LogP contribution in [0, 0.1) is 5.82 Å². The van der Waals surface area contributed by atoms with Crippen molar-refractivity contribution in [3.8, 4) is 17.2 Å². The van der Waals surface area contributed by atoms with Crippen molar-refractivity contribution in [3.05, 3.63) is 89.4 Å². The van der Waals surface area contributed by atoms with E-state index in [1.54, 1.807) is 35.2 Å². The molecule has 2 N–H and O–H groups in total. The summed E-state index contributed by atoms with van der Waals surface area (Å²) in [6, 6.07) is 17.2. The quantitative estimate of drug-likeness (QED) is 0.376. The number of rotatable bonds is 2.